The van der Waals surface area contributed by atoms with Gasteiger partial charge in [0.15, 0.2) is 0 Å². The Morgan fingerprint density at radius 3 is 2.89 bits per heavy atom. The second-order valence-electron chi connectivity index (χ2n) is 4.72. The molecule has 0 saturated heterocycles. The highest BCUT2D eigenvalue weighted by Gasteiger charge is 2.30. The van der Waals surface area contributed by atoms with Crippen LogP contribution in [0.5, 0.6) is 0 Å². The quantitative estimate of drug-likeness (QED) is 0.879. The molecule has 1 amide bonds. The van der Waals surface area contributed by atoms with Gasteiger partial charge in [-0.05, 0) is 31.4 Å². The highest BCUT2D eigenvalue weighted by molar-refractivity contribution is 5.85. The molecule has 1 aliphatic rings. The Morgan fingerprint density at radius 1 is 1.56 bits per heavy atom. The number of halogens is 1. The van der Waals surface area contributed by atoms with E-state index in [1.54, 1.807) is 12.4 Å². The smallest absolute Gasteiger partial charge is 0.225 e. The van der Waals surface area contributed by atoms with Crippen LogP contribution < -0.4 is 11.1 Å². The van der Waals surface area contributed by atoms with Crippen molar-refractivity contribution in [2.75, 3.05) is 0 Å². The molecule has 100 valence electrons. The zero-order valence-electron chi connectivity index (χ0n) is 10.5. The monoisotopic (exact) mass is 269 g/mol. The van der Waals surface area contributed by atoms with Crippen molar-refractivity contribution in [2.24, 2.45) is 11.7 Å². The van der Waals surface area contributed by atoms with Crippen LogP contribution in [-0.4, -0.2) is 16.9 Å². The van der Waals surface area contributed by atoms with Gasteiger partial charge in [-0.1, -0.05) is 12.5 Å². The summed E-state index contributed by atoms with van der Waals surface area (Å²) in [7, 11) is 0. The average Bonchev–Trinajstić information content (AvgIpc) is 2.76. The Labute approximate surface area is 114 Å². The molecular weight excluding hydrogens is 250 g/mol. The molecule has 3 atom stereocenters. The molecule has 3 N–H and O–H groups in total. The predicted molar refractivity (Wildman–Crippen MR) is 73.4 cm³/mol. The highest BCUT2D eigenvalue weighted by Crippen LogP contribution is 2.25. The lowest BCUT2D eigenvalue weighted by molar-refractivity contribution is -0.125. The molecule has 0 aliphatic heterocycles. The summed E-state index contributed by atoms with van der Waals surface area (Å²) in [4.78, 5) is 16.1. The summed E-state index contributed by atoms with van der Waals surface area (Å²) >= 11 is 0. The number of hydrogen-bond donors (Lipinski definition) is 2. The molecule has 0 radical (unpaired) electrons. The van der Waals surface area contributed by atoms with E-state index in [1.165, 1.54) is 0 Å². The first-order valence-electron chi connectivity index (χ1n) is 6.14. The van der Waals surface area contributed by atoms with Crippen molar-refractivity contribution in [1.29, 1.82) is 0 Å². The van der Waals surface area contributed by atoms with Crippen LogP contribution in [0.3, 0.4) is 0 Å². The maximum absolute atomic E-state index is 12.0. The van der Waals surface area contributed by atoms with E-state index in [-0.39, 0.29) is 36.3 Å². The molecule has 4 nitrogen and oxygen atoms in total. The van der Waals surface area contributed by atoms with E-state index < -0.39 is 0 Å². The minimum Gasteiger partial charge on any atom is -0.349 e. The van der Waals surface area contributed by atoms with Crippen molar-refractivity contribution in [3.8, 4) is 0 Å². The van der Waals surface area contributed by atoms with Gasteiger partial charge in [-0.3, -0.25) is 9.78 Å². The molecule has 1 aromatic heterocycles. The molecule has 1 saturated carbocycles. The van der Waals surface area contributed by atoms with Gasteiger partial charge in [-0.15, -0.1) is 12.4 Å². The topological polar surface area (TPSA) is 68.0 Å². The Kier molecular flexibility index (Phi) is 5.56. The van der Waals surface area contributed by atoms with Gasteiger partial charge in [0.1, 0.15) is 0 Å². The molecule has 5 heteroatoms. The van der Waals surface area contributed by atoms with Gasteiger partial charge in [0.2, 0.25) is 5.91 Å². The largest absolute Gasteiger partial charge is 0.349 e. The van der Waals surface area contributed by atoms with Crippen molar-refractivity contribution in [1.82, 2.24) is 10.3 Å². The third-order valence-corrected chi connectivity index (χ3v) is 3.45. The number of nitrogens with two attached hydrogens (primary N) is 1. The van der Waals surface area contributed by atoms with Crippen molar-refractivity contribution in [3.63, 3.8) is 0 Å². The van der Waals surface area contributed by atoms with Gasteiger partial charge < -0.3 is 11.1 Å². The van der Waals surface area contributed by atoms with Crippen molar-refractivity contribution in [2.45, 2.75) is 38.3 Å². The van der Waals surface area contributed by atoms with Gasteiger partial charge in [0.05, 0.1) is 12.0 Å². The van der Waals surface area contributed by atoms with Crippen LogP contribution in [0.25, 0.3) is 0 Å². The summed E-state index contributed by atoms with van der Waals surface area (Å²) in [5, 5.41) is 3.01. The van der Waals surface area contributed by atoms with E-state index >= 15 is 0 Å². The number of pyridine rings is 1. The summed E-state index contributed by atoms with van der Waals surface area (Å²) in [5.41, 5.74) is 6.94. The molecular formula is C13H20ClN3O. The van der Waals surface area contributed by atoms with E-state index in [4.69, 9.17) is 5.73 Å². The third kappa shape index (κ3) is 3.43. The maximum Gasteiger partial charge on any atom is 0.225 e. The molecule has 0 bridgehead atoms. The summed E-state index contributed by atoms with van der Waals surface area (Å²) < 4.78 is 0. The van der Waals surface area contributed by atoms with E-state index in [0.29, 0.717) is 0 Å². The van der Waals surface area contributed by atoms with Crippen LogP contribution in [0.15, 0.2) is 24.5 Å². The lowest BCUT2D eigenvalue weighted by Crippen LogP contribution is -2.39. The first kappa shape index (κ1) is 14.9. The number of amides is 1. The van der Waals surface area contributed by atoms with Crippen LogP contribution in [-0.2, 0) is 4.79 Å². The third-order valence-electron chi connectivity index (χ3n) is 3.45. The molecule has 1 fully saturated rings. The summed E-state index contributed by atoms with van der Waals surface area (Å²) in [6.45, 7) is 1.97. The van der Waals surface area contributed by atoms with E-state index in [1.807, 2.05) is 19.1 Å². The predicted octanol–water partition coefficient (Wildman–Crippen LogP) is 1.81. The van der Waals surface area contributed by atoms with Gasteiger partial charge in [-0.25, -0.2) is 0 Å². The molecule has 1 heterocycles. The summed E-state index contributed by atoms with van der Waals surface area (Å²) in [6.07, 6.45) is 6.43. The van der Waals surface area contributed by atoms with E-state index in [9.17, 15) is 4.79 Å². The molecule has 1 aliphatic carbocycles. The zero-order chi connectivity index (χ0) is 12.3. The fourth-order valence-electron chi connectivity index (χ4n) is 2.35. The fraction of sp³-hybridized carbons (Fsp3) is 0.538. The lowest BCUT2D eigenvalue weighted by atomic mass is 10.0. The Hall–Kier alpha value is -1.13. The molecule has 0 spiro atoms. The molecule has 1 aromatic rings. The number of rotatable bonds is 3. The van der Waals surface area contributed by atoms with E-state index in [0.717, 1.165) is 24.8 Å². The second-order valence-corrected chi connectivity index (χ2v) is 4.72. The van der Waals surface area contributed by atoms with Gasteiger partial charge in [-0.2, -0.15) is 0 Å². The fourth-order valence-corrected chi connectivity index (χ4v) is 2.35. The first-order valence-corrected chi connectivity index (χ1v) is 6.14. The van der Waals surface area contributed by atoms with Crippen molar-refractivity contribution >= 4 is 18.3 Å². The van der Waals surface area contributed by atoms with Crippen LogP contribution in [0.1, 0.15) is 37.8 Å². The molecule has 3 unspecified atom stereocenters. The number of aromatic nitrogens is 1. The Morgan fingerprint density at radius 2 is 2.33 bits per heavy atom. The maximum atomic E-state index is 12.0. The Balaban J connectivity index is 0.00000162. The average molecular weight is 270 g/mol. The van der Waals surface area contributed by atoms with Crippen LogP contribution in [0, 0.1) is 5.92 Å². The first-order chi connectivity index (χ1) is 8.18. The number of nitrogens with zero attached hydrogens (tertiary/aromatic N) is 1. The summed E-state index contributed by atoms with van der Waals surface area (Å²) in [6, 6.07) is 3.85. The van der Waals surface area contributed by atoms with Gasteiger partial charge in [0, 0.05) is 18.4 Å². The van der Waals surface area contributed by atoms with E-state index in [2.05, 4.69) is 10.3 Å². The minimum atomic E-state index is -0.0193. The number of carbonyl (C=O) groups excluding carboxylic acids is 1. The standard InChI is InChI=1S/C13H19N3O.ClH/c1-9(10-4-3-7-15-8-10)16-13(17)11-5-2-6-12(11)14;/h3-4,7-9,11-12H,2,5-6,14H2,1H3,(H,16,17);1H. The van der Waals surface area contributed by atoms with Crippen LogP contribution >= 0.6 is 12.4 Å². The van der Waals surface area contributed by atoms with Gasteiger partial charge >= 0.3 is 0 Å². The van der Waals surface area contributed by atoms with Crippen LogP contribution in [0.4, 0.5) is 0 Å². The minimum absolute atomic E-state index is 0. The van der Waals surface area contributed by atoms with Crippen LogP contribution in [0.2, 0.25) is 0 Å². The number of carbonyl (C=O) groups is 1. The molecule has 18 heavy (non-hydrogen) atoms. The second kappa shape index (κ2) is 6.71. The normalized spacial score (nSPS) is 24.1. The SMILES string of the molecule is CC(NC(=O)C1CCCC1N)c1cccnc1.Cl. The molecule has 2 rings (SSSR count). The number of nitrogens with one attached hydrogen (secondary N) is 1. The zero-order valence-corrected chi connectivity index (χ0v) is 11.3. The lowest BCUT2D eigenvalue weighted by Gasteiger charge is -2.19. The Bertz CT molecular complexity index is 385. The number of hydrogen-bond acceptors (Lipinski definition) is 3. The summed E-state index contributed by atoms with van der Waals surface area (Å²) in [5.74, 6) is 0.0560. The van der Waals surface area contributed by atoms with Crippen molar-refractivity contribution < 1.29 is 4.79 Å². The highest BCUT2D eigenvalue weighted by atomic mass is 35.5. The van der Waals surface area contributed by atoms with Gasteiger partial charge in [0.25, 0.3) is 0 Å². The molecule has 0 aromatic carbocycles. The van der Waals surface area contributed by atoms with Crippen molar-refractivity contribution in [3.05, 3.63) is 30.1 Å².